The predicted molar refractivity (Wildman–Crippen MR) is 119 cm³/mol. The van der Waals surface area contributed by atoms with Crippen LogP contribution >= 0.6 is 0 Å². The molecule has 0 spiro atoms. The molecule has 0 radical (unpaired) electrons. The van der Waals surface area contributed by atoms with Gasteiger partial charge in [0.25, 0.3) is 0 Å². The number of piperidine rings is 2. The number of amides is 1. The summed E-state index contributed by atoms with van der Waals surface area (Å²) in [6.07, 6.45) is 5.27. The number of carbonyl (C=O) groups excluding carboxylic acids is 1. The molecule has 2 fully saturated rings. The van der Waals surface area contributed by atoms with E-state index >= 15 is 0 Å². The van der Waals surface area contributed by atoms with Crippen molar-refractivity contribution in [3.05, 3.63) is 65.5 Å². The monoisotopic (exact) mass is 409 g/mol. The van der Waals surface area contributed by atoms with E-state index in [4.69, 9.17) is 0 Å². The number of hydrogen-bond acceptors (Lipinski definition) is 3. The second-order valence-electron chi connectivity index (χ2n) is 8.70. The summed E-state index contributed by atoms with van der Waals surface area (Å²) in [7, 11) is 0. The van der Waals surface area contributed by atoms with E-state index in [1.54, 1.807) is 6.07 Å². The fraction of sp³-hybridized carbons (Fsp3) is 0.480. The first-order valence-electron chi connectivity index (χ1n) is 11.2. The van der Waals surface area contributed by atoms with Gasteiger partial charge in [0.1, 0.15) is 5.82 Å². The minimum atomic E-state index is -0.625. The maximum Gasteiger partial charge on any atom is 0.217 e. The predicted octanol–water partition coefficient (Wildman–Crippen LogP) is 4.44. The van der Waals surface area contributed by atoms with Crippen LogP contribution in [-0.4, -0.2) is 37.0 Å². The minimum absolute atomic E-state index is 0.109. The van der Waals surface area contributed by atoms with Gasteiger partial charge in [0, 0.05) is 50.9 Å². The molecule has 4 nitrogen and oxygen atoms in total. The van der Waals surface area contributed by atoms with Crippen molar-refractivity contribution in [3.8, 4) is 0 Å². The number of hydrogen-bond donors (Lipinski definition) is 1. The van der Waals surface area contributed by atoms with Crippen LogP contribution in [0.4, 0.5) is 10.1 Å². The van der Waals surface area contributed by atoms with Gasteiger partial charge in [-0.3, -0.25) is 9.69 Å². The van der Waals surface area contributed by atoms with Gasteiger partial charge in [0.2, 0.25) is 5.91 Å². The van der Waals surface area contributed by atoms with E-state index in [2.05, 4.69) is 39.4 Å². The molecule has 0 aromatic heterocycles. The first-order valence-corrected chi connectivity index (χ1v) is 11.2. The first-order chi connectivity index (χ1) is 14.6. The summed E-state index contributed by atoms with van der Waals surface area (Å²) >= 11 is 0. The van der Waals surface area contributed by atoms with Crippen molar-refractivity contribution in [2.45, 2.75) is 51.1 Å². The Balaban J connectivity index is 1.49. The highest BCUT2D eigenvalue weighted by molar-refractivity contribution is 5.74. The van der Waals surface area contributed by atoms with Crippen LogP contribution in [0.15, 0.2) is 48.5 Å². The largest absolute Gasteiger partial charge is 0.371 e. The molecule has 160 valence electrons. The van der Waals surface area contributed by atoms with Crippen LogP contribution in [-0.2, 0) is 16.9 Å². The van der Waals surface area contributed by atoms with E-state index in [9.17, 15) is 9.18 Å². The highest BCUT2D eigenvalue weighted by Crippen LogP contribution is 2.35. The molecule has 2 saturated heterocycles. The topological polar surface area (TPSA) is 35.6 Å². The van der Waals surface area contributed by atoms with Crippen molar-refractivity contribution in [3.63, 3.8) is 0 Å². The Morgan fingerprint density at radius 1 is 0.967 bits per heavy atom. The van der Waals surface area contributed by atoms with Crippen molar-refractivity contribution < 1.29 is 9.18 Å². The smallest absolute Gasteiger partial charge is 0.217 e. The summed E-state index contributed by atoms with van der Waals surface area (Å²) in [5.41, 5.74) is 2.69. The van der Waals surface area contributed by atoms with Crippen molar-refractivity contribution in [2.24, 2.45) is 0 Å². The molecular formula is C25H32FN3O. The van der Waals surface area contributed by atoms with Gasteiger partial charge in [-0.15, -0.1) is 0 Å². The number of para-hydroxylation sites is 1. The molecule has 2 heterocycles. The van der Waals surface area contributed by atoms with Crippen molar-refractivity contribution in [2.75, 3.05) is 31.1 Å². The molecule has 30 heavy (non-hydrogen) atoms. The third-order valence-corrected chi connectivity index (χ3v) is 6.60. The Labute approximate surface area is 179 Å². The number of nitrogens with zero attached hydrogens (tertiary/aromatic N) is 2. The Hall–Kier alpha value is -2.40. The fourth-order valence-electron chi connectivity index (χ4n) is 5.07. The van der Waals surface area contributed by atoms with Gasteiger partial charge in [-0.2, -0.15) is 0 Å². The number of halogens is 1. The zero-order valence-corrected chi connectivity index (χ0v) is 17.9. The zero-order chi connectivity index (χ0) is 21.0. The molecule has 5 heteroatoms. The molecule has 2 aliphatic rings. The number of nitrogens with one attached hydrogen (secondary N) is 1. The lowest BCUT2D eigenvalue weighted by Crippen LogP contribution is -2.52. The number of anilines is 1. The summed E-state index contributed by atoms with van der Waals surface area (Å²) in [5, 5.41) is 3.09. The molecule has 2 aromatic carbocycles. The van der Waals surface area contributed by atoms with Crippen LogP contribution in [0.1, 0.15) is 50.2 Å². The quantitative estimate of drug-likeness (QED) is 0.793. The number of rotatable bonds is 5. The maximum absolute atomic E-state index is 14.6. The van der Waals surface area contributed by atoms with Crippen LogP contribution in [0.5, 0.6) is 0 Å². The Morgan fingerprint density at radius 3 is 2.33 bits per heavy atom. The first kappa shape index (κ1) is 20.9. The highest BCUT2D eigenvalue weighted by Gasteiger charge is 2.38. The second kappa shape index (κ2) is 9.17. The molecule has 0 saturated carbocycles. The molecule has 0 unspecified atom stereocenters. The highest BCUT2D eigenvalue weighted by atomic mass is 19.1. The number of likely N-dealkylation sites (tertiary alicyclic amines) is 1. The number of benzene rings is 2. The fourth-order valence-corrected chi connectivity index (χ4v) is 5.07. The zero-order valence-electron chi connectivity index (χ0n) is 17.9. The molecule has 0 bridgehead atoms. The van der Waals surface area contributed by atoms with Crippen LogP contribution in [0.25, 0.3) is 0 Å². The van der Waals surface area contributed by atoms with Gasteiger partial charge >= 0.3 is 0 Å². The average molecular weight is 410 g/mol. The Bertz CT molecular complexity index is 870. The molecule has 1 N–H and O–H groups in total. The summed E-state index contributed by atoms with van der Waals surface area (Å²) in [6.45, 7) is 6.32. The lowest BCUT2D eigenvalue weighted by molar-refractivity contribution is -0.121. The van der Waals surface area contributed by atoms with Crippen molar-refractivity contribution in [1.82, 2.24) is 10.2 Å². The van der Waals surface area contributed by atoms with Gasteiger partial charge in [-0.25, -0.2) is 4.39 Å². The summed E-state index contributed by atoms with van der Waals surface area (Å²) < 4.78 is 14.6. The Morgan fingerprint density at radius 2 is 1.63 bits per heavy atom. The lowest BCUT2D eigenvalue weighted by Gasteiger charge is -2.43. The van der Waals surface area contributed by atoms with Crippen molar-refractivity contribution >= 4 is 11.6 Å². The van der Waals surface area contributed by atoms with E-state index in [0.717, 1.165) is 32.7 Å². The molecule has 4 rings (SSSR count). The lowest BCUT2D eigenvalue weighted by atomic mass is 9.80. The van der Waals surface area contributed by atoms with Gasteiger partial charge in [-0.05, 0) is 49.8 Å². The summed E-state index contributed by atoms with van der Waals surface area (Å²) in [6, 6.07) is 15.6. The third-order valence-electron chi connectivity index (χ3n) is 6.60. The van der Waals surface area contributed by atoms with Gasteiger partial charge < -0.3 is 10.2 Å². The van der Waals surface area contributed by atoms with E-state index in [1.807, 2.05) is 12.1 Å². The molecule has 0 aliphatic carbocycles. The second-order valence-corrected chi connectivity index (χ2v) is 8.70. The van der Waals surface area contributed by atoms with Gasteiger partial charge in [0.15, 0.2) is 0 Å². The van der Waals surface area contributed by atoms with Gasteiger partial charge in [-0.1, -0.05) is 36.4 Å². The van der Waals surface area contributed by atoms with E-state index in [0.29, 0.717) is 18.4 Å². The van der Waals surface area contributed by atoms with E-state index < -0.39 is 5.54 Å². The normalized spacial score (nSPS) is 19.5. The van der Waals surface area contributed by atoms with Crippen LogP contribution in [0, 0.1) is 5.82 Å². The van der Waals surface area contributed by atoms with Gasteiger partial charge in [0.05, 0.1) is 5.54 Å². The standard InChI is InChI=1S/C25H32FN3O/c1-20(30)27-25(22-10-4-5-11-23(22)26)13-17-28(18-14-25)19-21-9-3-6-12-24(21)29-15-7-2-8-16-29/h3-6,9-12H,2,7-8,13-19H2,1H3,(H,27,30). The molecule has 1 amide bonds. The molecule has 2 aromatic rings. The molecular weight excluding hydrogens is 377 g/mol. The van der Waals surface area contributed by atoms with Crippen LogP contribution < -0.4 is 10.2 Å². The van der Waals surface area contributed by atoms with Crippen molar-refractivity contribution in [1.29, 1.82) is 0 Å². The van der Waals surface area contributed by atoms with E-state index in [1.165, 1.54) is 43.5 Å². The van der Waals surface area contributed by atoms with Crippen LogP contribution in [0.3, 0.4) is 0 Å². The summed E-state index contributed by atoms with van der Waals surface area (Å²) in [5.74, 6) is -0.350. The third kappa shape index (κ3) is 4.51. The van der Waals surface area contributed by atoms with E-state index in [-0.39, 0.29) is 11.7 Å². The summed E-state index contributed by atoms with van der Waals surface area (Å²) in [4.78, 5) is 16.9. The SMILES string of the molecule is CC(=O)NC1(c2ccccc2F)CCN(Cc2ccccc2N2CCCCC2)CC1. The van der Waals surface area contributed by atoms with Crippen LogP contribution in [0.2, 0.25) is 0 Å². The maximum atomic E-state index is 14.6. The Kier molecular flexibility index (Phi) is 6.38. The average Bonchev–Trinajstić information content (AvgIpc) is 2.76. The molecule has 2 aliphatic heterocycles. The minimum Gasteiger partial charge on any atom is -0.371 e. The number of carbonyl (C=O) groups is 1. The molecule has 0 atom stereocenters.